The smallest absolute Gasteiger partial charge is 0.0492 e. The molecule has 1 aromatic carbocycles. The molecule has 2 aromatic rings. The Bertz CT molecular complexity index is 575. The average Bonchev–Trinajstić information content (AvgIpc) is 2.90. The van der Waals surface area contributed by atoms with Crippen molar-refractivity contribution in [1.82, 2.24) is 15.1 Å². The monoisotopic (exact) mass is 270 g/mol. The number of aromatic nitrogens is 2. The minimum Gasteiger partial charge on any atom is -0.371 e. The fourth-order valence-corrected chi connectivity index (χ4v) is 3.06. The second kappa shape index (κ2) is 5.67. The lowest BCUT2D eigenvalue weighted by Gasteiger charge is -2.35. The molecule has 4 nitrogen and oxygen atoms in total. The zero-order valence-electron chi connectivity index (χ0n) is 12.2. The van der Waals surface area contributed by atoms with E-state index in [1.807, 2.05) is 25.0 Å². The summed E-state index contributed by atoms with van der Waals surface area (Å²) in [4.78, 5) is 2.50. The molecule has 3 rings (SSSR count). The SMILES string of the molecule is CNC1CCN(CCc2ccnn2C)c2ccccc21. The third-order valence-electron chi connectivity index (χ3n) is 4.25. The van der Waals surface area contributed by atoms with Crippen LogP contribution in [0.2, 0.25) is 0 Å². The molecule has 1 unspecified atom stereocenters. The second-order valence-corrected chi connectivity index (χ2v) is 5.37. The Hall–Kier alpha value is -1.81. The van der Waals surface area contributed by atoms with Crippen molar-refractivity contribution in [3.8, 4) is 0 Å². The van der Waals surface area contributed by atoms with Gasteiger partial charge in [-0.15, -0.1) is 0 Å². The molecule has 106 valence electrons. The van der Waals surface area contributed by atoms with Gasteiger partial charge < -0.3 is 10.2 Å². The van der Waals surface area contributed by atoms with Crippen molar-refractivity contribution in [2.75, 3.05) is 25.0 Å². The molecule has 0 aliphatic carbocycles. The van der Waals surface area contributed by atoms with Gasteiger partial charge in [-0.05, 0) is 31.2 Å². The van der Waals surface area contributed by atoms with E-state index in [0.29, 0.717) is 6.04 Å². The van der Waals surface area contributed by atoms with Crippen molar-refractivity contribution in [3.63, 3.8) is 0 Å². The zero-order valence-corrected chi connectivity index (χ0v) is 12.2. The lowest BCUT2D eigenvalue weighted by atomic mass is 9.96. The summed E-state index contributed by atoms with van der Waals surface area (Å²) in [5.41, 5.74) is 4.09. The first kappa shape index (κ1) is 13.2. The topological polar surface area (TPSA) is 33.1 Å². The van der Waals surface area contributed by atoms with Gasteiger partial charge >= 0.3 is 0 Å². The second-order valence-electron chi connectivity index (χ2n) is 5.37. The number of fused-ring (bicyclic) bond motifs is 1. The van der Waals surface area contributed by atoms with Gasteiger partial charge in [0, 0.05) is 50.2 Å². The number of hydrogen-bond donors (Lipinski definition) is 1. The standard InChI is InChI=1S/C16H22N4/c1-17-15-9-12-20(16-6-4-3-5-14(15)16)11-8-13-7-10-18-19(13)2/h3-7,10,15,17H,8-9,11-12H2,1-2H3. The molecule has 1 atom stereocenters. The van der Waals surface area contributed by atoms with E-state index in [1.54, 1.807) is 0 Å². The Labute approximate surface area is 120 Å². The third-order valence-corrected chi connectivity index (χ3v) is 4.25. The van der Waals surface area contributed by atoms with Crippen molar-refractivity contribution >= 4 is 5.69 Å². The fraction of sp³-hybridized carbons (Fsp3) is 0.438. The largest absolute Gasteiger partial charge is 0.371 e. The molecule has 0 saturated heterocycles. The number of rotatable bonds is 4. The van der Waals surface area contributed by atoms with Crippen molar-refractivity contribution < 1.29 is 0 Å². The highest BCUT2D eigenvalue weighted by atomic mass is 15.3. The molecule has 1 N–H and O–H groups in total. The quantitative estimate of drug-likeness (QED) is 0.924. The highest BCUT2D eigenvalue weighted by Gasteiger charge is 2.23. The lowest BCUT2D eigenvalue weighted by Crippen LogP contribution is -2.36. The van der Waals surface area contributed by atoms with Crippen LogP contribution in [0.25, 0.3) is 0 Å². The molecule has 4 heteroatoms. The van der Waals surface area contributed by atoms with Gasteiger partial charge in [-0.3, -0.25) is 4.68 Å². The van der Waals surface area contributed by atoms with Crippen LogP contribution in [0, 0.1) is 0 Å². The summed E-state index contributed by atoms with van der Waals surface area (Å²) in [5.74, 6) is 0. The molecule has 1 aromatic heterocycles. The summed E-state index contributed by atoms with van der Waals surface area (Å²) in [5, 5.41) is 7.66. The summed E-state index contributed by atoms with van der Waals surface area (Å²) in [6, 6.07) is 11.3. The van der Waals surface area contributed by atoms with E-state index in [4.69, 9.17) is 0 Å². The van der Waals surface area contributed by atoms with Crippen LogP contribution >= 0.6 is 0 Å². The Balaban J connectivity index is 1.76. The van der Waals surface area contributed by atoms with Crippen LogP contribution in [0.4, 0.5) is 5.69 Å². The van der Waals surface area contributed by atoms with Crippen LogP contribution in [-0.4, -0.2) is 29.9 Å². The highest BCUT2D eigenvalue weighted by Crippen LogP contribution is 2.33. The Morgan fingerprint density at radius 3 is 2.90 bits per heavy atom. The summed E-state index contributed by atoms with van der Waals surface area (Å²) in [7, 11) is 4.06. The van der Waals surface area contributed by atoms with Crippen molar-refractivity contribution in [2.24, 2.45) is 7.05 Å². The molecule has 0 bridgehead atoms. The van der Waals surface area contributed by atoms with Crippen molar-refractivity contribution in [2.45, 2.75) is 18.9 Å². The Morgan fingerprint density at radius 1 is 1.30 bits per heavy atom. The first-order valence-electron chi connectivity index (χ1n) is 7.27. The maximum Gasteiger partial charge on any atom is 0.0492 e. The molecule has 1 aliphatic rings. The van der Waals surface area contributed by atoms with Gasteiger partial charge in [0.2, 0.25) is 0 Å². The minimum absolute atomic E-state index is 0.485. The normalized spacial score (nSPS) is 18.1. The highest BCUT2D eigenvalue weighted by molar-refractivity contribution is 5.57. The van der Waals surface area contributed by atoms with E-state index in [9.17, 15) is 0 Å². The molecule has 2 heterocycles. The van der Waals surface area contributed by atoms with Crippen LogP contribution in [0.3, 0.4) is 0 Å². The molecule has 0 amide bonds. The van der Waals surface area contributed by atoms with Gasteiger partial charge in [-0.1, -0.05) is 18.2 Å². The number of nitrogens with zero attached hydrogens (tertiary/aromatic N) is 3. The van der Waals surface area contributed by atoms with E-state index >= 15 is 0 Å². The summed E-state index contributed by atoms with van der Waals surface area (Å²) >= 11 is 0. The summed E-state index contributed by atoms with van der Waals surface area (Å²) < 4.78 is 1.96. The predicted octanol–water partition coefficient (Wildman–Crippen LogP) is 2.13. The van der Waals surface area contributed by atoms with Gasteiger partial charge in [0.15, 0.2) is 0 Å². The first-order valence-corrected chi connectivity index (χ1v) is 7.27. The van der Waals surface area contributed by atoms with Gasteiger partial charge in [-0.25, -0.2) is 0 Å². The van der Waals surface area contributed by atoms with Crippen LogP contribution in [-0.2, 0) is 13.5 Å². The molecular formula is C16H22N4. The lowest BCUT2D eigenvalue weighted by molar-refractivity contribution is 0.515. The van der Waals surface area contributed by atoms with Crippen LogP contribution in [0.1, 0.15) is 23.7 Å². The van der Waals surface area contributed by atoms with E-state index < -0.39 is 0 Å². The third kappa shape index (κ3) is 2.43. The van der Waals surface area contributed by atoms with Crippen LogP contribution in [0.5, 0.6) is 0 Å². The number of aryl methyl sites for hydroxylation is 1. The van der Waals surface area contributed by atoms with Crippen molar-refractivity contribution in [1.29, 1.82) is 0 Å². The maximum atomic E-state index is 4.24. The molecule has 0 spiro atoms. The summed E-state index contributed by atoms with van der Waals surface area (Å²) in [6.45, 7) is 2.16. The maximum absolute atomic E-state index is 4.24. The number of benzene rings is 1. The molecular weight excluding hydrogens is 248 g/mol. The van der Waals surface area contributed by atoms with Gasteiger partial charge in [0.25, 0.3) is 0 Å². The fourth-order valence-electron chi connectivity index (χ4n) is 3.06. The van der Waals surface area contributed by atoms with Gasteiger partial charge in [0.1, 0.15) is 0 Å². The number of hydrogen-bond acceptors (Lipinski definition) is 3. The molecule has 0 radical (unpaired) electrons. The summed E-state index contributed by atoms with van der Waals surface area (Å²) in [6.07, 6.45) is 4.07. The predicted molar refractivity (Wildman–Crippen MR) is 82.0 cm³/mol. The van der Waals surface area contributed by atoms with E-state index in [0.717, 1.165) is 19.5 Å². The van der Waals surface area contributed by atoms with Crippen LogP contribution in [0.15, 0.2) is 36.5 Å². The van der Waals surface area contributed by atoms with Crippen molar-refractivity contribution in [3.05, 3.63) is 47.8 Å². The molecule has 20 heavy (non-hydrogen) atoms. The zero-order chi connectivity index (χ0) is 13.9. The van der Waals surface area contributed by atoms with E-state index in [-0.39, 0.29) is 0 Å². The minimum atomic E-state index is 0.485. The molecule has 1 aliphatic heterocycles. The van der Waals surface area contributed by atoms with E-state index in [2.05, 4.69) is 45.6 Å². The first-order chi connectivity index (χ1) is 9.79. The number of anilines is 1. The van der Waals surface area contributed by atoms with Crippen LogP contribution < -0.4 is 10.2 Å². The Kier molecular flexibility index (Phi) is 3.74. The van der Waals surface area contributed by atoms with E-state index in [1.165, 1.54) is 23.4 Å². The Morgan fingerprint density at radius 2 is 2.15 bits per heavy atom. The number of nitrogens with one attached hydrogen (secondary N) is 1. The molecule has 0 fully saturated rings. The number of para-hydroxylation sites is 1. The van der Waals surface area contributed by atoms with Gasteiger partial charge in [-0.2, -0.15) is 5.10 Å². The van der Waals surface area contributed by atoms with Gasteiger partial charge in [0.05, 0.1) is 0 Å². The average molecular weight is 270 g/mol. The molecule has 0 saturated carbocycles.